The molecular formula is C19H21AsClN4+. The Hall–Kier alpha value is -1.48. The van der Waals surface area contributed by atoms with E-state index in [9.17, 15) is 0 Å². The van der Waals surface area contributed by atoms with E-state index in [1.807, 2.05) is 18.5 Å². The van der Waals surface area contributed by atoms with Gasteiger partial charge < -0.3 is 0 Å². The predicted molar refractivity (Wildman–Crippen MR) is 103 cm³/mol. The van der Waals surface area contributed by atoms with E-state index in [2.05, 4.69) is 70.4 Å². The maximum absolute atomic E-state index is 6.21. The fourth-order valence-electron chi connectivity index (χ4n) is 3.73. The summed E-state index contributed by atoms with van der Waals surface area (Å²) in [5.74, 6) is 1.14. The molecular weight excluding hydrogens is 395 g/mol. The summed E-state index contributed by atoms with van der Waals surface area (Å²) < 4.78 is 1.62. The molecule has 1 fully saturated rings. The van der Waals surface area contributed by atoms with Crippen LogP contribution in [0.25, 0.3) is 0 Å². The summed E-state index contributed by atoms with van der Waals surface area (Å²) in [5.41, 5.74) is 3.61. The Morgan fingerprint density at radius 1 is 1.32 bits per heavy atom. The van der Waals surface area contributed by atoms with Crippen molar-refractivity contribution in [2.45, 2.75) is 18.9 Å². The Kier molecular flexibility index (Phi) is 4.31. The molecule has 0 amide bonds. The van der Waals surface area contributed by atoms with Gasteiger partial charge in [0.2, 0.25) is 0 Å². The second kappa shape index (κ2) is 6.35. The van der Waals surface area contributed by atoms with Gasteiger partial charge in [-0.05, 0) is 0 Å². The van der Waals surface area contributed by atoms with Crippen molar-refractivity contribution in [3.8, 4) is 0 Å². The number of rotatable bonds is 2. The van der Waals surface area contributed by atoms with Crippen LogP contribution in [0, 0.1) is 0 Å². The first-order valence-corrected chi connectivity index (χ1v) is 9.81. The molecule has 6 heteroatoms. The van der Waals surface area contributed by atoms with Crippen LogP contribution in [0.1, 0.15) is 24.4 Å². The molecule has 0 aromatic heterocycles. The summed E-state index contributed by atoms with van der Waals surface area (Å²) in [7, 11) is 4.28. The number of fused-ring (bicyclic) bond motifs is 1. The van der Waals surface area contributed by atoms with Gasteiger partial charge in [0, 0.05) is 0 Å². The van der Waals surface area contributed by atoms with Crippen LogP contribution >= 0.6 is 11.6 Å². The third-order valence-corrected chi connectivity index (χ3v) is 5.96. The topological polar surface area (TPSA) is 27.6 Å². The van der Waals surface area contributed by atoms with E-state index in [1.165, 1.54) is 17.7 Å². The first-order chi connectivity index (χ1) is 12.0. The van der Waals surface area contributed by atoms with Gasteiger partial charge in [0.25, 0.3) is 0 Å². The minimum atomic E-state index is 0.359. The van der Waals surface area contributed by atoms with Crippen molar-refractivity contribution in [2.75, 3.05) is 20.6 Å². The van der Waals surface area contributed by atoms with Gasteiger partial charge in [-0.1, -0.05) is 0 Å². The van der Waals surface area contributed by atoms with Crippen LogP contribution in [0.4, 0.5) is 0 Å². The number of hydrogen-bond donors (Lipinski definition) is 1. The molecule has 0 aliphatic carbocycles. The third-order valence-electron chi connectivity index (χ3n) is 5.02. The number of nitrogens with zero attached hydrogens (tertiary/aromatic N) is 3. The number of halogens is 1. The molecule has 1 N–H and O–H groups in total. The van der Waals surface area contributed by atoms with E-state index < -0.39 is 0 Å². The molecule has 0 saturated carbocycles. The van der Waals surface area contributed by atoms with E-state index in [-0.39, 0.29) is 0 Å². The molecule has 3 heterocycles. The number of likely N-dealkylation sites (N-methyl/N-ethyl adjacent to an activating group) is 1. The summed E-state index contributed by atoms with van der Waals surface area (Å²) in [6.45, 7) is 1.04. The number of nitrogens with one attached hydrogen (secondary N) is 1. The van der Waals surface area contributed by atoms with Gasteiger partial charge in [-0.2, -0.15) is 0 Å². The Balaban J connectivity index is 1.68. The Labute approximate surface area is 162 Å². The van der Waals surface area contributed by atoms with Crippen LogP contribution in [0.5, 0.6) is 0 Å². The molecule has 1 aromatic rings. The van der Waals surface area contributed by atoms with Gasteiger partial charge in [0.05, 0.1) is 0 Å². The first kappa shape index (κ1) is 17.0. The number of aliphatic imine (C=N–C) groups is 1. The number of benzene rings is 1. The number of likely N-dealkylation sites (tertiary alicyclic amines) is 1. The van der Waals surface area contributed by atoms with E-state index in [1.54, 1.807) is 0 Å². The third kappa shape index (κ3) is 3.08. The molecule has 3 aliphatic rings. The van der Waals surface area contributed by atoms with E-state index in [4.69, 9.17) is 11.6 Å². The van der Waals surface area contributed by atoms with Crippen molar-refractivity contribution in [1.82, 2.24) is 10.2 Å². The van der Waals surface area contributed by atoms with Crippen molar-refractivity contribution in [1.29, 1.82) is 0 Å². The van der Waals surface area contributed by atoms with Crippen molar-refractivity contribution in [3.63, 3.8) is 0 Å². The molecule has 0 spiro atoms. The average molecular weight is 416 g/mol. The minimum absolute atomic E-state index is 0.359. The predicted octanol–water partition coefficient (Wildman–Crippen LogP) is 3.26. The zero-order valence-corrected chi connectivity index (χ0v) is 17.0. The SMILES string of the molecule is C[N+]1(C)C=NC([As])=C2NC(N3CCCC3c3cccc(Cl)c3)=CC=C21. The van der Waals surface area contributed by atoms with Gasteiger partial charge in [-0.25, -0.2) is 0 Å². The van der Waals surface area contributed by atoms with Crippen molar-refractivity contribution >= 4 is 34.8 Å². The zero-order chi connectivity index (χ0) is 17.6. The van der Waals surface area contributed by atoms with Gasteiger partial charge in [-0.15, -0.1) is 0 Å². The van der Waals surface area contributed by atoms with Crippen LogP contribution in [-0.4, -0.2) is 53.2 Å². The molecule has 2 radical (unpaired) electrons. The maximum atomic E-state index is 6.21. The van der Waals surface area contributed by atoms with Gasteiger partial charge in [-0.3, -0.25) is 0 Å². The van der Waals surface area contributed by atoms with Crippen molar-refractivity contribution < 1.29 is 4.48 Å². The summed E-state index contributed by atoms with van der Waals surface area (Å²) in [5, 5.41) is 4.44. The Morgan fingerprint density at radius 2 is 2.16 bits per heavy atom. The summed E-state index contributed by atoms with van der Waals surface area (Å²) >= 11 is 8.79. The molecule has 3 aliphatic heterocycles. The molecule has 1 aromatic carbocycles. The summed E-state index contributed by atoms with van der Waals surface area (Å²) in [6.07, 6.45) is 8.70. The van der Waals surface area contributed by atoms with E-state index in [0.29, 0.717) is 10.5 Å². The average Bonchev–Trinajstić information content (AvgIpc) is 3.08. The number of hydrogen-bond acceptors (Lipinski definition) is 3. The van der Waals surface area contributed by atoms with Crippen LogP contribution < -0.4 is 5.32 Å². The molecule has 1 atom stereocenters. The molecule has 128 valence electrons. The van der Waals surface area contributed by atoms with E-state index >= 15 is 0 Å². The first-order valence-electron chi connectivity index (χ1n) is 8.50. The number of dihydropyridines is 1. The zero-order valence-electron chi connectivity index (χ0n) is 14.4. The standard InChI is InChI=1S/C19H21AsClN4/c1-25(2)12-22-19(20)18-16(25)8-9-17(23-18)24-10-4-7-15(24)13-5-3-6-14(21)11-13/h3,5-6,8-9,11-12,15,23H,4,7,10H2,1-2H3/q+1. The Bertz CT molecular complexity index is 838. The van der Waals surface area contributed by atoms with Gasteiger partial charge in [0.15, 0.2) is 0 Å². The number of quaternary nitrogens is 1. The normalized spacial score (nSPS) is 24.6. The Morgan fingerprint density at radius 3 is 2.96 bits per heavy atom. The number of allylic oxidation sites excluding steroid dienone is 2. The summed E-state index contributed by atoms with van der Waals surface area (Å²) in [6, 6.07) is 8.59. The summed E-state index contributed by atoms with van der Waals surface area (Å²) in [4.78, 5) is 7.00. The van der Waals surface area contributed by atoms with Crippen LogP contribution in [0.3, 0.4) is 0 Å². The van der Waals surface area contributed by atoms with Crippen molar-refractivity contribution in [3.05, 3.63) is 68.7 Å². The molecule has 25 heavy (non-hydrogen) atoms. The van der Waals surface area contributed by atoms with Gasteiger partial charge in [0.1, 0.15) is 0 Å². The molecule has 4 nitrogen and oxygen atoms in total. The second-order valence-corrected chi connectivity index (χ2v) is 8.44. The van der Waals surface area contributed by atoms with Crippen LogP contribution in [0.2, 0.25) is 5.02 Å². The second-order valence-electron chi connectivity index (χ2n) is 7.12. The fraction of sp³-hybridized carbons (Fsp3) is 0.316. The monoisotopic (exact) mass is 415 g/mol. The quantitative estimate of drug-likeness (QED) is 0.593. The molecule has 1 saturated heterocycles. The van der Waals surface area contributed by atoms with Crippen molar-refractivity contribution in [2.24, 2.45) is 4.99 Å². The van der Waals surface area contributed by atoms with Crippen LogP contribution in [-0.2, 0) is 0 Å². The molecule has 0 bridgehead atoms. The molecule has 1 unspecified atom stereocenters. The fourth-order valence-corrected chi connectivity index (χ4v) is 4.40. The van der Waals surface area contributed by atoms with Gasteiger partial charge >= 0.3 is 163 Å². The van der Waals surface area contributed by atoms with E-state index in [0.717, 1.165) is 34.0 Å². The molecule has 4 rings (SSSR count). The van der Waals surface area contributed by atoms with Crippen LogP contribution in [0.15, 0.2) is 63.1 Å².